The molecule has 0 radical (unpaired) electrons. The fourth-order valence-electron chi connectivity index (χ4n) is 1.02. The summed E-state index contributed by atoms with van der Waals surface area (Å²) in [5.41, 5.74) is 2.40. The molecule has 13 heavy (non-hydrogen) atoms. The van der Waals surface area contributed by atoms with Crippen LogP contribution in [0.25, 0.3) is 0 Å². The van der Waals surface area contributed by atoms with Crippen LogP contribution in [-0.2, 0) is 6.42 Å². The van der Waals surface area contributed by atoms with Crippen LogP contribution in [0.1, 0.15) is 12.5 Å². The molecule has 0 saturated carbocycles. The first kappa shape index (κ1) is 9.90. The highest BCUT2D eigenvalue weighted by Crippen LogP contribution is 2.09. The molecule has 3 heteroatoms. The number of nitrogens with one attached hydrogen (secondary N) is 1. The third kappa shape index (κ3) is 3.36. The van der Waals surface area contributed by atoms with Gasteiger partial charge < -0.3 is 5.32 Å². The predicted molar refractivity (Wildman–Crippen MR) is 59.3 cm³/mol. The molecule has 0 atom stereocenters. The minimum atomic E-state index is 0.495. The van der Waals surface area contributed by atoms with Crippen molar-refractivity contribution in [2.75, 3.05) is 12.0 Å². The van der Waals surface area contributed by atoms with Gasteiger partial charge in [-0.05, 0) is 36.3 Å². The zero-order valence-electron chi connectivity index (χ0n) is 7.58. The summed E-state index contributed by atoms with van der Waals surface area (Å²) in [6.45, 7) is 2.63. The van der Waals surface area contributed by atoms with Gasteiger partial charge >= 0.3 is 0 Å². The van der Waals surface area contributed by atoms with Crippen LogP contribution in [0.15, 0.2) is 29.3 Å². The van der Waals surface area contributed by atoms with Gasteiger partial charge in [0, 0.05) is 5.69 Å². The van der Waals surface area contributed by atoms with Crippen LogP contribution in [-0.4, -0.2) is 11.8 Å². The molecule has 1 aromatic rings. The van der Waals surface area contributed by atoms with Gasteiger partial charge in [-0.3, -0.25) is 0 Å². The largest absolute Gasteiger partial charge is 0.366 e. The standard InChI is InChI=1S/C10H12N2S/c1-2-9-3-5-10(6-4-9)12-7-11-8-13/h3-6,12H,2,7H2,1H3. The number of hydrogen-bond acceptors (Lipinski definition) is 3. The minimum Gasteiger partial charge on any atom is -0.366 e. The van der Waals surface area contributed by atoms with Gasteiger partial charge in [0.25, 0.3) is 0 Å². The molecule has 0 saturated heterocycles. The molecular weight excluding hydrogens is 180 g/mol. The van der Waals surface area contributed by atoms with Gasteiger partial charge in [0.1, 0.15) is 6.67 Å². The van der Waals surface area contributed by atoms with E-state index in [1.54, 1.807) is 0 Å². The van der Waals surface area contributed by atoms with Crippen molar-refractivity contribution in [3.05, 3.63) is 29.8 Å². The Balaban J connectivity index is 2.53. The molecule has 0 fully saturated rings. The van der Waals surface area contributed by atoms with E-state index in [1.165, 1.54) is 5.56 Å². The molecule has 0 aliphatic carbocycles. The second kappa shape index (κ2) is 5.46. The number of benzene rings is 1. The molecule has 0 heterocycles. The highest BCUT2D eigenvalue weighted by atomic mass is 32.1. The Morgan fingerprint density at radius 3 is 2.62 bits per heavy atom. The summed E-state index contributed by atoms with van der Waals surface area (Å²) in [5, 5.41) is 5.41. The lowest BCUT2D eigenvalue weighted by Gasteiger charge is -2.02. The zero-order valence-corrected chi connectivity index (χ0v) is 8.40. The van der Waals surface area contributed by atoms with E-state index in [1.807, 2.05) is 12.1 Å². The molecule has 0 aliphatic heterocycles. The predicted octanol–water partition coefficient (Wildman–Crippen LogP) is 2.72. The van der Waals surface area contributed by atoms with Crippen molar-refractivity contribution in [1.82, 2.24) is 0 Å². The van der Waals surface area contributed by atoms with Gasteiger partial charge in [-0.15, -0.1) is 0 Å². The molecule has 0 aliphatic rings. The number of thiocarbonyl (C=S) groups is 1. The quantitative estimate of drug-likeness (QED) is 0.586. The molecule has 0 aromatic heterocycles. The van der Waals surface area contributed by atoms with Crippen molar-refractivity contribution in [1.29, 1.82) is 0 Å². The maximum Gasteiger partial charge on any atom is 0.118 e. The zero-order chi connectivity index (χ0) is 9.52. The van der Waals surface area contributed by atoms with Crippen LogP contribution in [0.2, 0.25) is 0 Å². The average Bonchev–Trinajstić information content (AvgIpc) is 2.19. The lowest BCUT2D eigenvalue weighted by atomic mass is 10.1. The van der Waals surface area contributed by atoms with E-state index in [0.29, 0.717) is 6.67 Å². The fourth-order valence-corrected chi connectivity index (χ4v) is 1.09. The van der Waals surface area contributed by atoms with Crippen LogP contribution >= 0.6 is 12.2 Å². The molecule has 0 amide bonds. The maximum absolute atomic E-state index is 4.45. The second-order valence-electron chi connectivity index (χ2n) is 2.63. The average molecular weight is 192 g/mol. The van der Waals surface area contributed by atoms with Crippen molar-refractivity contribution in [3.63, 3.8) is 0 Å². The van der Waals surface area contributed by atoms with Gasteiger partial charge in [-0.1, -0.05) is 19.1 Å². The van der Waals surface area contributed by atoms with E-state index in [4.69, 9.17) is 0 Å². The molecule has 1 N–H and O–H groups in total. The highest BCUT2D eigenvalue weighted by Gasteiger charge is 1.90. The Labute approximate surface area is 83.7 Å². The Kier molecular flexibility index (Phi) is 4.16. The van der Waals surface area contributed by atoms with Crippen LogP contribution in [0.3, 0.4) is 0 Å². The number of rotatable bonds is 4. The Hall–Kier alpha value is -1.18. The van der Waals surface area contributed by atoms with E-state index in [0.717, 1.165) is 12.1 Å². The first-order chi connectivity index (χ1) is 6.36. The molecular formula is C10H12N2S. The summed E-state index contributed by atoms with van der Waals surface area (Å²) >= 11 is 4.45. The number of isothiocyanates is 1. The third-order valence-corrected chi connectivity index (χ3v) is 1.92. The SMILES string of the molecule is CCc1ccc(NCN=C=S)cc1. The Bertz CT molecular complexity index is 299. The fraction of sp³-hybridized carbons (Fsp3) is 0.300. The lowest BCUT2D eigenvalue weighted by molar-refractivity contribution is 1.13. The van der Waals surface area contributed by atoms with E-state index in [9.17, 15) is 0 Å². The highest BCUT2D eigenvalue weighted by molar-refractivity contribution is 7.78. The summed E-state index contributed by atoms with van der Waals surface area (Å²) in [5.74, 6) is 0. The summed E-state index contributed by atoms with van der Waals surface area (Å²) in [7, 11) is 0. The summed E-state index contributed by atoms with van der Waals surface area (Å²) in [4.78, 5) is 3.76. The third-order valence-electron chi connectivity index (χ3n) is 1.79. The number of aliphatic imine (C=N–C) groups is 1. The van der Waals surface area contributed by atoms with E-state index in [-0.39, 0.29) is 0 Å². The van der Waals surface area contributed by atoms with Gasteiger partial charge in [-0.2, -0.15) is 0 Å². The van der Waals surface area contributed by atoms with E-state index < -0.39 is 0 Å². The van der Waals surface area contributed by atoms with Crippen LogP contribution in [0.5, 0.6) is 0 Å². The van der Waals surface area contributed by atoms with Gasteiger partial charge in [0.15, 0.2) is 0 Å². The van der Waals surface area contributed by atoms with Gasteiger partial charge in [0.05, 0.1) is 5.16 Å². The van der Waals surface area contributed by atoms with Crippen LogP contribution < -0.4 is 5.32 Å². The molecule has 68 valence electrons. The van der Waals surface area contributed by atoms with Gasteiger partial charge in [-0.25, -0.2) is 4.99 Å². The first-order valence-electron chi connectivity index (χ1n) is 4.23. The van der Waals surface area contributed by atoms with E-state index >= 15 is 0 Å². The van der Waals surface area contributed by atoms with Crippen molar-refractivity contribution >= 4 is 23.1 Å². The van der Waals surface area contributed by atoms with Crippen LogP contribution in [0, 0.1) is 0 Å². The van der Waals surface area contributed by atoms with Crippen molar-refractivity contribution in [3.8, 4) is 0 Å². The molecule has 0 bridgehead atoms. The van der Waals surface area contributed by atoms with Crippen molar-refractivity contribution < 1.29 is 0 Å². The lowest BCUT2D eigenvalue weighted by Crippen LogP contribution is -1.97. The molecule has 2 nitrogen and oxygen atoms in total. The van der Waals surface area contributed by atoms with Crippen molar-refractivity contribution in [2.24, 2.45) is 4.99 Å². The van der Waals surface area contributed by atoms with E-state index in [2.05, 4.69) is 46.7 Å². The molecule has 1 rings (SSSR count). The number of hydrogen-bond donors (Lipinski definition) is 1. The smallest absolute Gasteiger partial charge is 0.118 e. The van der Waals surface area contributed by atoms with Gasteiger partial charge in [0.2, 0.25) is 0 Å². The maximum atomic E-state index is 4.45. The summed E-state index contributed by atoms with van der Waals surface area (Å²) in [6.07, 6.45) is 1.07. The molecule has 0 spiro atoms. The minimum absolute atomic E-state index is 0.495. The number of nitrogens with zero attached hydrogens (tertiary/aromatic N) is 1. The van der Waals surface area contributed by atoms with Crippen LogP contribution in [0.4, 0.5) is 5.69 Å². The molecule has 1 aromatic carbocycles. The summed E-state index contributed by atoms with van der Waals surface area (Å²) in [6, 6.07) is 8.28. The second-order valence-corrected chi connectivity index (χ2v) is 2.82. The topological polar surface area (TPSA) is 24.4 Å². The number of anilines is 1. The normalized spacial score (nSPS) is 9.00. The Morgan fingerprint density at radius 2 is 2.08 bits per heavy atom. The van der Waals surface area contributed by atoms with Crippen molar-refractivity contribution in [2.45, 2.75) is 13.3 Å². The molecule has 0 unspecified atom stereocenters. The number of aryl methyl sites for hydroxylation is 1. The first-order valence-corrected chi connectivity index (χ1v) is 4.64. The summed E-state index contributed by atoms with van der Waals surface area (Å²) < 4.78 is 0. The Morgan fingerprint density at radius 1 is 1.38 bits per heavy atom. The monoisotopic (exact) mass is 192 g/mol.